The molecule has 30 heavy (non-hydrogen) atoms. The number of rotatable bonds is 8. The van der Waals surface area contributed by atoms with E-state index in [2.05, 4.69) is 9.72 Å². The van der Waals surface area contributed by atoms with Crippen LogP contribution in [-0.4, -0.2) is 55.3 Å². The van der Waals surface area contributed by atoms with Crippen molar-refractivity contribution in [3.8, 4) is 11.6 Å². The highest BCUT2D eigenvalue weighted by atomic mass is 19.4. The number of hydrogen-bond acceptors (Lipinski definition) is 6. The van der Waals surface area contributed by atoms with Crippen molar-refractivity contribution in [1.29, 1.82) is 0 Å². The van der Waals surface area contributed by atoms with Crippen molar-refractivity contribution < 1.29 is 41.4 Å². The van der Waals surface area contributed by atoms with Crippen LogP contribution in [0.3, 0.4) is 0 Å². The lowest BCUT2D eigenvalue weighted by Gasteiger charge is -2.17. The van der Waals surface area contributed by atoms with Gasteiger partial charge in [-0.2, -0.15) is 13.2 Å². The Morgan fingerprint density at radius 3 is 2.47 bits per heavy atom. The second-order valence-electron chi connectivity index (χ2n) is 6.08. The predicted octanol–water partition coefficient (Wildman–Crippen LogP) is 2.99. The first kappa shape index (κ1) is 22.9. The van der Waals surface area contributed by atoms with Gasteiger partial charge in [0.1, 0.15) is 0 Å². The minimum absolute atomic E-state index is 0.0676. The summed E-state index contributed by atoms with van der Waals surface area (Å²) < 4.78 is 64.1. The smallest absolute Gasteiger partial charge is 0.422 e. The highest BCUT2D eigenvalue weighted by molar-refractivity contribution is 5.91. The van der Waals surface area contributed by atoms with Crippen molar-refractivity contribution in [2.45, 2.75) is 12.7 Å². The lowest BCUT2D eigenvalue weighted by atomic mass is 10.2. The minimum Gasteiger partial charge on any atom is -0.494 e. The molecule has 11 heteroatoms. The molecule has 0 saturated heterocycles. The van der Waals surface area contributed by atoms with Crippen LogP contribution >= 0.6 is 0 Å². The van der Waals surface area contributed by atoms with E-state index in [1.54, 1.807) is 6.07 Å². The predicted molar refractivity (Wildman–Crippen MR) is 95.5 cm³/mol. The van der Waals surface area contributed by atoms with Gasteiger partial charge < -0.3 is 19.1 Å². The molecule has 0 bridgehead atoms. The van der Waals surface area contributed by atoms with Crippen LogP contribution in [0.15, 0.2) is 36.5 Å². The molecule has 0 spiro atoms. The number of methoxy groups -OCH3 is 1. The summed E-state index contributed by atoms with van der Waals surface area (Å²) in [4.78, 5) is 28.9. The molecular weight excluding hydrogens is 412 g/mol. The Kier molecular flexibility index (Phi) is 7.56. The molecule has 0 radical (unpaired) electrons. The van der Waals surface area contributed by atoms with E-state index in [-0.39, 0.29) is 23.7 Å². The maximum atomic E-state index is 13.7. The third kappa shape index (κ3) is 6.90. The second-order valence-corrected chi connectivity index (χ2v) is 6.08. The minimum atomic E-state index is -4.51. The van der Waals surface area contributed by atoms with E-state index in [0.717, 1.165) is 18.3 Å². The first-order valence-electron chi connectivity index (χ1n) is 8.48. The first-order chi connectivity index (χ1) is 14.1. The first-order valence-corrected chi connectivity index (χ1v) is 8.48. The monoisotopic (exact) mass is 430 g/mol. The summed E-state index contributed by atoms with van der Waals surface area (Å²) in [7, 11) is 2.79. The quantitative estimate of drug-likeness (QED) is 0.473. The van der Waals surface area contributed by atoms with Crippen molar-refractivity contribution in [3.63, 3.8) is 0 Å². The molecule has 1 heterocycles. The van der Waals surface area contributed by atoms with Gasteiger partial charge in [-0.25, -0.2) is 14.2 Å². The zero-order valence-corrected chi connectivity index (χ0v) is 16.0. The molecule has 0 aliphatic heterocycles. The summed E-state index contributed by atoms with van der Waals surface area (Å²) >= 11 is 0. The SMILES string of the molecule is COc1ccc(CN(C)C(=O)COC(=O)c2ccc(OCC(F)(F)F)nc2)cc1F. The van der Waals surface area contributed by atoms with Gasteiger partial charge in [0.15, 0.2) is 24.8 Å². The summed E-state index contributed by atoms with van der Waals surface area (Å²) in [6.07, 6.45) is -3.54. The van der Waals surface area contributed by atoms with Crippen molar-refractivity contribution in [2.24, 2.45) is 0 Å². The molecule has 0 unspecified atom stereocenters. The summed E-state index contributed by atoms with van der Waals surface area (Å²) in [5.74, 6) is -2.24. The molecule has 162 valence electrons. The van der Waals surface area contributed by atoms with Gasteiger partial charge in [0.05, 0.1) is 12.7 Å². The van der Waals surface area contributed by atoms with E-state index in [1.807, 2.05) is 0 Å². The molecule has 1 aromatic heterocycles. The number of likely N-dealkylation sites (N-methyl/N-ethyl adjacent to an activating group) is 1. The van der Waals surface area contributed by atoms with Crippen LogP contribution in [0.4, 0.5) is 17.6 Å². The fraction of sp³-hybridized carbons (Fsp3) is 0.316. The van der Waals surface area contributed by atoms with E-state index in [9.17, 15) is 27.2 Å². The Hall–Kier alpha value is -3.37. The fourth-order valence-electron chi connectivity index (χ4n) is 2.23. The van der Waals surface area contributed by atoms with Crippen LogP contribution in [-0.2, 0) is 16.1 Å². The lowest BCUT2D eigenvalue weighted by molar-refractivity contribution is -0.154. The standard InChI is InChI=1S/C19H18F4N2O5/c1-25(9-12-3-5-15(28-2)14(20)7-12)17(26)10-29-18(27)13-4-6-16(24-8-13)30-11-19(21,22)23/h3-8H,9-11H2,1-2H3. The number of pyridine rings is 1. The van der Waals surface area contributed by atoms with E-state index in [1.165, 1.54) is 31.2 Å². The summed E-state index contributed by atoms with van der Waals surface area (Å²) in [6, 6.07) is 6.48. The third-order valence-corrected chi connectivity index (χ3v) is 3.74. The van der Waals surface area contributed by atoms with Crippen LogP contribution in [0.2, 0.25) is 0 Å². The van der Waals surface area contributed by atoms with Gasteiger partial charge in [-0.1, -0.05) is 6.07 Å². The van der Waals surface area contributed by atoms with E-state index in [4.69, 9.17) is 9.47 Å². The Labute approximate surface area is 169 Å². The number of nitrogens with zero attached hydrogens (tertiary/aromatic N) is 2. The number of ether oxygens (including phenoxy) is 3. The molecule has 0 N–H and O–H groups in total. The molecule has 0 aliphatic carbocycles. The van der Waals surface area contributed by atoms with Crippen molar-refractivity contribution >= 4 is 11.9 Å². The molecule has 0 saturated carbocycles. The molecule has 2 aromatic rings. The zero-order valence-electron chi connectivity index (χ0n) is 16.0. The van der Waals surface area contributed by atoms with Gasteiger partial charge in [-0.3, -0.25) is 4.79 Å². The van der Waals surface area contributed by atoms with Gasteiger partial charge in [0, 0.05) is 25.9 Å². The Morgan fingerprint density at radius 2 is 1.90 bits per heavy atom. The summed E-state index contributed by atoms with van der Waals surface area (Å²) in [5, 5.41) is 0. The normalized spacial score (nSPS) is 11.0. The molecule has 1 aromatic carbocycles. The van der Waals surface area contributed by atoms with Gasteiger partial charge in [-0.15, -0.1) is 0 Å². The van der Waals surface area contributed by atoms with E-state index in [0.29, 0.717) is 5.56 Å². The van der Waals surface area contributed by atoms with Crippen LogP contribution in [0.25, 0.3) is 0 Å². The molecule has 2 rings (SSSR count). The van der Waals surface area contributed by atoms with Gasteiger partial charge in [-0.05, 0) is 23.8 Å². The molecule has 7 nitrogen and oxygen atoms in total. The van der Waals surface area contributed by atoms with Gasteiger partial charge >= 0.3 is 12.1 Å². The van der Waals surface area contributed by atoms with E-state index < -0.39 is 37.1 Å². The largest absolute Gasteiger partial charge is 0.494 e. The maximum absolute atomic E-state index is 13.7. The summed E-state index contributed by atoms with van der Waals surface area (Å²) in [5.41, 5.74) is 0.441. The third-order valence-electron chi connectivity index (χ3n) is 3.74. The molecule has 1 amide bonds. The van der Waals surface area contributed by atoms with Gasteiger partial charge in [0.2, 0.25) is 5.88 Å². The molecular formula is C19H18F4N2O5. The number of carbonyl (C=O) groups is 2. The molecule has 0 atom stereocenters. The number of carbonyl (C=O) groups excluding carboxylic acids is 2. The second kappa shape index (κ2) is 9.90. The Bertz CT molecular complexity index is 887. The van der Waals surface area contributed by atoms with Crippen molar-refractivity contribution in [1.82, 2.24) is 9.88 Å². The number of halogens is 4. The average molecular weight is 430 g/mol. The number of benzene rings is 1. The highest BCUT2D eigenvalue weighted by Gasteiger charge is 2.28. The Balaban J connectivity index is 1.84. The number of alkyl halides is 3. The van der Waals surface area contributed by atoms with Crippen LogP contribution in [0.5, 0.6) is 11.6 Å². The lowest BCUT2D eigenvalue weighted by Crippen LogP contribution is -2.30. The number of esters is 1. The van der Waals surface area contributed by atoms with Crippen molar-refractivity contribution in [3.05, 3.63) is 53.5 Å². The summed E-state index contributed by atoms with van der Waals surface area (Å²) in [6.45, 7) is -2.02. The van der Waals surface area contributed by atoms with Crippen LogP contribution in [0, 0.1) is 5.82 Å². The number of aromatic nitrogens is 1. The highest BCUT2D eigenvalue weighted by Crippen LogP contribution is 2.19. The fourth-order valence-corrected chi connectivity index (χ4v) is 2.23. The van der Waals surface area contributed by atoms with Crippen molar-refractivity contribution in [2.75, 3.05) is 27.4 Å². The van der Waals surface area contributed by atoms with Crippen LogP contribution in [0.1, 0.15) is 15.9 Å². The van der Waals surface area contributed by atoms with Gasteiger partial charge in [0.25, 0.3) is 5.91 Å². The molecule has 0 fully saturated rings. The number of amides is 1. The topological polar surface area (TPSA) is 78.0 Å². The van der Waals surface area contributed by atoms with Crippen LogP contribution < -0.4 is 9.47 Å². The average Bonchev–Trinajstić information content (AvgIpc) is 2.70. The zero-order chi connectivity index (χ0) is 22.3. The maximum Gasteiger partial charge on any atom is 0.422 e. The molecule has 0 aliphatic rings. The van der Waals surface area contributed by atoms with E-state index >= 15 is 0 Å². The number of hydrogen-bond donors (Lipinski definition) is 0. The Morgan fingerprint density at radius 1 is 1.17 bits per heavy atom.